The van der Waals surface area contributed by atoms with Crippen LogP contribution in [0.15, 0.2) is 60.8 Å². The van der Waals surface area contributed by atoms with E-state index >= 15 is 0 Å². The molecule has 2 aromatic carbocycles. The highest BCUT2D eigenvalue weighted by Gasteiger charge is 2.20. The van der Waals surface area contributed by atoms with Gasteiger partial charge in [0.2, 0.25) is 0 Å². The summed E-state index contributed by atoms with van der Waals surface area (Å²) >= 11 is 0. The lowest BCUT2D eigenvalue weighted by Gasteiger charge is -2.22. The van der Waals surface area contributed by atoms with Crippen molar-refractivity contribution in [2.24, 2.45) is 5.92 Å². The summed E-state index contributed by atoms with van der Waals surface area (Å²) in [7, 11) is 0. The van der Waals surface area contributed by atoms with Gasteiger partial charge in [-0.3, -0.25) is 4.79 Å². The van der Waals surface area contributed by atoms with E-state index in [0.29, 0.717) is 18.0 Å². The minimum absolute atomic E-state index is 0.0609. The van der Waals surface area contributed by atoms with Crippen molar-refractivity contribution in [1.29, 1.82) is 0 Å². The number of piperidine rings is 1. The highest BCUT2D eigenvalue weighted by molar-refractivity contribution is 6.00. The van der Waals surface area contributed by atoms with E-state index in [4.69, 9.17) is 5.10 Å². The van der Waals surface area contributed by atoms with E-state index in [1.807, 2.05) is 54.7 Å². The smallest absolute Gasteiger partial charge is 0.255 e. The number of hydrogen-bond acceptors (Lipinski definition) is 3. The van der Waals surface area contributed by atoms with E-state index in [1.165, 1.54) is 12.8 Å². The van der Waals surface area contributed by atoms with E-state index in [1.54, 1.807) is 4.68 Å². The molecule has 1 amide bonds. The van der Waals surface area contributed by atoms with Crippen LogP contribution in [-0.2, 0) is 0 Å². The maximum absolute atomic E-state index is 13.1. The lowest BCUT2D eigenvalue weighted by molar-refractivity contribution is 0.0951. The van der Waals surface area contributed by atoms with Crippen LogP contribution in [0.3, 0.4) is 0 Å². The van der Waals surface area contributed by atoms with Gasteiger partial charge in [-0.15, -0.1) is 0 Å². The highest BCUT2D eigenvalue weighted by Crippen LogP contribution is 2.26. The molecule has 0 spiro atoms. The summed E-state index contributed by atoms with van der Waals surface area (Å²) in [6, 6.07) is 18.0. The third-order valence-corrected chi connectivity index (χ3v) is 5.62. The molecule has 1 aliphatic heterocycles. The summed E-state index contributed by atoms with van der Waals surface area (Å²) in [5, 5.41) is 11.3. The molecule has 5 nitrogen and oxygen atoms in total. The fraction of sp³-hybridized carbons (Fsp3) is 0.333. The minimum Gasteiger partial charge on any atom is -0.352 e. The number of hydrogen-bond donors (Lipinski definition) is 2. The number of carbonyl (C=O) groups excluding carboxylic acids is 1. The first-order chi connectivity index (χ1) is 14.2. The SMILES string of the molecule is Cc1ccccc1-c1nn(-c2ccccc2)cc1C(=O)NCCC1CCCNC1. The summed E-state index contributed by atoms with van der Waals surface area (Å²) in [6.45, 7) is 4.90. The number of rotatable bonds is 6. The van der Waals surface area contributed by atoms with Crippen molar-refractivity contribution in [2.75, 3.05) is 19.6 Å². The van der Waals surface area contributed by atoms with Crippen LogP contribution in [0.5, 0.6) is 0 Å². The number of benzene rings is 2. The molecular weight excluding hydrogens is 360 g/mol. The topological polar surface area (TPSA) is 59.0 Å². The Morgan fingerprint density at radius 1 is 1.17 bits per heavy atom. The molecule has 4 rings (SSSR count). The van der Waals surface area contributed by atoms with Crippen LogP contribution in [0.25, 0.3) is 16.9 Å². The summed E-state index contributed by atoms with van der Waals surface area (Å²) in [5.41, 5.74) is 4.38. The molecule has 29 heavy (non-hydrogen) atoms. The number of aryl methyl sites for hydroxylation is 1. The monoisotopic (exact) mass is 388 g/mol. The third-order valence-electron chi connectivity index (χ3n) is 5.62. The van der Waals surface area contributed by atoms with Gasteiger partial charge >= 0.3 is 0 Å². The Hall–Kier alpha value is -2.92. The molecule has 150 valence electrons. The molecule has 1 atom stereocenters. The second-order valence-corrected chi connectivity index (χ2v) is 7.74. The van der Waals surface area contributed by atoms with Crippen molar-refractivity contribution in [3.63, 3.8) is 0 Å². The van der Waals surface area contributed by atoms with E-state index < -0.39 is 0 Å². The highest BCUT2D eigenvalue weighted by atomic mass is 16.1. The van der Waals surface area contributed by atoms with Crippen LogP contribution in [0.1, 0.15) is 35.2 Å². The normalized spacial score (nSPS) is 16.5. The Morgan fingerprint density at radius 2 is 1.97 bits per heavy atom. The predicted octanol–water partition coefficient (Wildman–Crippen LogP) is 3.97. The van der Waals surface area contributed by atoms with Gasteiger partial charge in [0.05, 0.1) is 11.3 Å². The van der Waals surface area contributed by atoms with Crippen molar-refractivity contribution < 1.29 is 4.79 Å². The number of para-hydroxylation sites is 1. The van der Waals surface area contributed by atoms with Crippen LogP contribution in [-0.4, -0.2) is 35.3 Å². The maximum Gasteiger partial charge on any atom is 0.255 e. The quantitative estimate of drug-likeness (QED) is 0.672. The average Bonchev–Trinajstić information content (AvgIpc) is 3.21. The first-order valence-electron chi connectivity index (χ1n) is 10.4. The van der Waals surface area contributed by atoms with Gasteiger partial charge in [-0.25, -0.2) is 4.68 Å². The van der Waals surface area contributed by atoms with Gasteiger partial charge in [-0.05, 0) is 62.9 Å². The number of carbonyl (C=O) groups is 1. The Bertz CT molecular complexity index is 958. The maximum atomic E-state index is 13.1. The molecule has 0 aliphatic carbocycles. The number of nitrogens with zero attached hydrogens (tertiary/aromatic N) is 2. The van der Waals surface area contributed by atoms with Gasteiger partial charge < -0.3 is 10.6 Å². The zero-order chi connectivity index (χ0) is 20.1. The summed E-state index contributed by atoms with van der Waals surface area (Å²) in [4.78, 5) is 13.1. The second-order valence-electron chi connectivity index (χ2n) is 7.74. The van der Waals surface area contributed by atoms with Crippen LogP contribution >= 0.6 is 0 Å². The Balaban J connectivity index is 1.58. The Morgan fingerprint density at radius 3 is 2.72 bits per heavy atom. The fourth-order valence-corrected chi connectivity index (χ4v) is 3.95. The van der Waals surface area contributed by atoms with Crippen molar-refractivity contribution in [2.45, 2.75) is 26.2 Å². The molecule has 2 N–H and O–H groups in total. The first kappa shape index (κ1) is 19.4. The van der Waals surface area contributed by atoms with Gasteiger partial charge in [0.25, 0.3) is 5.91 Å². The van der Waals surface area contributed by atoms with E-state index in [-0.39, 0.29) is 5.91 Å². The Kier molecular flexibility index (Phi) is 6.06. The second kappa shape index (κ2) is 9.05. The van der Waals surface area contributed by atoms with Gasteiger partial charge in [-0.2, -0.15) is 5.10 Å². The Labute approximate surface area is 172 Å². The van der Waals surface area contributed by atoms with Crippen LogP contribution in [0.2, 0.25) is 0 Å². The first-order valence-corrected chi connectivity index (χ1v) is 10.4. The van der Waals surface area contributed by atoms with Gasteiger partial charge in [0.15, 0.2) is 0 Å². The van der Waals surface area contributed by atoms with Gasteiger partial charge in [0.1, 0.15) is 5.69 Å². The van der Waals surface area contributed by atoms with Crippen LogP contribution in [0, 0.1) is 12.8 Å². The molecular formula is C24H28N4O. The minimum atomic E-state index is -0.0609. The molecule has 0 radical (unpaired) electrons. The number of nitrogens with one attached hydrogen (secondary N) is 2. The van der Waals surface area contributed by atoms with E-state index in [0.717, 1.165) is 42.0 Å². The zero-order valence-electron chi connectivity index (χ0n) is 16.9. The molecule has 1 aliphatic rings. The molecule has 0 bridgehead atoms. The fourth-order valence-electron chi connectivity index (χ4n) is 3.95. The lowest BCUT2D eigenvalue weighted by atomic mass is 9.96. The number of amides is 1. The van der Waals surface area contributed by atoms with Crippen molar-refractivity contribution >= 4 is 5.91 Å². The van der Waals surface area contributed by atoms with Crippen LogP contribution in [0.4, 0.5) is 0 Å². The number of aromatic nitrogens is 2. The summed E-state index contributed by atoms with van der Waals surface area (Å²) < 4.78 is 1.79. The molecule has 1 aromatic heterocycles. The van der Waals surface area contributed by atoms with Crippen molar-refractivity contribution in [3.8, 4) is 16.9 Å². The molecule has 1 fully saturated rings. The standard InChI is InChI=1S/C24H28N4O/c1-18-8-5-6-12-21(18)23-22(17-28(27-23)20-10-3-2-4-11-20)24(29)26-15-13-19-9-7-14-25-16-19/h2-6,8,10-12,17,19,25H,7,9,13-16H2,1H3,(H,26,29). The van der Waals surface area contributed by atoms with Gasteiger partial charge in [0, 0.05) is 18.3 Å². The van der Waals surface area contributed by atoms with E-state index in [2.05, 4.69) is 23.6 Å². The summed E-state index contributed by atoms with van der Waals surface area (Å²) in [6.07, 6.45) is 5.31. The predicted molar refractivity (Wildman–Crippen MR) is 116 cm³/mol. The lowest BCUT2D eigenvalue weighted by Crippen LogP contribution is -2.33. The molecule has 0 saturated carbocycles. The molecule has 1 saturated heterocycles. The van der Waals surface area contributed by atoms with Crippen molar-refractivity contribution in [1.82, 2.24) is 20.4 Å². The molecule has 1 unspecified atom stereocenters. The molecule has 5 heteroatoms. The zero-order valence-corrected chi connectivity index (χ0v) is 16.9. The molecule has 3 aromatic rings. The summed E-state index contributed by atoms with van der Waals surface area (Å²) in [5.74, 6) is 0.584. The third kappa shape index (κ3) is 4.57. The van der Waals surface area contributed by atoms with Crippen LogP contribution < -0.4 is 10.6 Å². The van der Waals surface area contributed by atoms with Crippen molar-refractivity contribution in [3.05, 3.63) is 71.9 Å². The largest absolute Gasteiger partial charge is 0.352 e. The molecule has 2 heterocycles. The van der Waals surface area contributed by atoms with E-state index in [9.17, 15) is 4.79 Å². The van der Waals surface area contributed by atoms with Gasteiger partial charge in [-0.1, -0.05) is 42.5 Å². The average molecular weight is 389 g/mol.